The SMILES string of the molecule is COC(=O)[C@@H](Cc1ccc(F)cc1)NC(=O)[C@H](Cc1cccc(F)c1)NC(C)=O. The normalized spacial score (nSPS) is 12.6. The summed E-state index contributed by atoms with van der Waals surface area (Å²) in [7, 11) is 1.18. The van der Waals surface area contributed by atoms with Gasteiger partial charge in [-0.25, -0.2) is 13.6 Å². The summed E-state index contributed by atoms with van der Waals surface area (Å²) in [5.41, 5.74) is 1.12. The molecule has 2 rings (SSSR count). The molecule has 2 aromatic rings. The lowest BCUT2D eigenvalue weighted by Gasteiger charge is -2.22. The Bertz CT molecular complexity index is 871. The van der Waals surface area contributed by atoms with Crippen molar-refractivity contribution in [1.29, 1.82) is 0 Å². The maximum atomic E-state index is 13.4. The van der Waals surface area contributed by atoms with Gasteiger partial charge in [0.1, 0.15) is 23.7 Å². The molecule has 2 aromatic carbocycles. The molecule has 6 nitrogen and oxygen atoms in total. The first kappa shape index (κ1) is 22.0. The molecule has 29 heavy (non-hydrogen) atoms. The van der Waals surface area contributed by atoms with Crippen LogP contribution in [0.1, 0.15) is 18.1 Å². The highest BCUT2D eigenvalue weighted by atomic mass is 19.1. The second-order valence-corrected chi connectivity index (χ2v) is 6.50. The Morgan fingerprint density at radius 1 is 0.897 bits per heavy atom. The van der Waals surface area contributed by atoms with E-state index in [0.29, 0.717) is 11.1 Å². The molecule has 0 fully saturated rings. The van der Waals surface area contributed by atoms with Gasteiger partial charge in [-0.1, -0.05) is 24.3 Å². The number of methoxy groups -OCH3 is 1. The van der Waals surface area contributed by atoms with E-state index in [0.717, 1.165) is 0 Å². The number of rotatable bonds is 8. The monoisotopic (exact) mass is 404 g/mol. The maximum Gasteiger partial charge on any atom is 0.328 e. The fourth-order valence-electron chi connectivity index (χ4n) is 2.82. The first-order valence-corrected chi connectivity index (χ1v) is 8.92. The van der Waals surface area contributed by atoms with Gasteiger partial charge in [-0.3, -0.25) is 9.59 Å². The van der Waals surface area contributed by atoms with Gasteiger partial charge in [-0.15, -0.1) is 0 Å². The van der Waals surface area contributed by atoms with Gasteiger partial charge >= 0.3 is 5.97 Å². The molecule has 154 valence electrons. The largest absolute Gasteiger partial charge is 0.467 e. The Morgan fingerprint density at radius 3 is 2.14 bits per heavy atom. The minimum absolute atomic E-state index is 0.0353. The van der Waals surface area contributed by atoms with Gasteiger partial charge in [0.15, 0.2) is 0 Å². The zero-order chi connectivity index (χ0) is 21.4. The molecule has 0 aliphatic heterocycles. The number of hydrogen-bond acceptors (Lipinski definition) is 4. The summed E-state index contributed by atoms with van der Waals surface area (Å²) in [6, 6.07) is 9.08. The summed E-state index contributed by atoms with van der Waals surface area (Å²) in [5, 5.41) is 5.06. The second-order valence-electron chi connectivity index (χ2n) is 6.50. The van der Waals surface area contributed by atoms with Gasteiger partial charge in [-0.2, -0.15) is 0 Å². The van der Waals surface area contributed by atoms with Crippen LogP contribution in [0.5, 0.6) is 0 Å². The molecule has 0 aromatic heterocycles. The molecule has 0 saturated heterocycles. The van der Waals surface area contributed by atoms with Crippen LogP contribution in [0.25, 0.3) is 0 Å². The Labute approximate surface area is 167 Å². The number of ether oxygens (including phenoxy) is 1. The van der Waals surface area contributed by atoms with Crippen LogP contribution < -0.4 is 10.6 Å². The van der Waals surface area contributed by atoms with Crippen molar-refractivity contribution in [2.45, 2.75) is 31.8 Å². The maximum absolute atomic E-state index is 13.4. The van der Waals surface area contributed by atoms with Gasteiger partial charge in [0, 0.05) is 19.8 Å². The van der Waals surface area contributed by atoms with E-state index in [-0.39, 0.29) is 12.8 Å². The van der Waals surface area contributed by atoms with E-state index in [2.05, 4.69) is 10.6 Å². The fraction of sp³-hybridized carbons (Fsp3) is 0.286. The lowest BCUT2D eigenvalue weighted by atomic mass is 10.0. The minimum Gasteiger partial charge on any atom is -0.467 e. The average molecular weight is 404 g/mol. The number of carbonyl (C=O) groups is 3. The molecular formula is C21H22F2N2O4. The molecule has 0 radical (unpaired) electrons. The van der Waals surface area contributed by atoms with Crippen LogP contribution in [0.2, 0.25) is 0 Å². The van der Waals surface area contributed by atoms with E-state index >= 15 is 0 Å². The minimum atomic E-state index is -1.04. The zero-order valence-corrected chi connectivity index (χ0v) is 16.1. The summed E-state index contributed by atoms with van der Waals surface area (Å²) < 4.78 is 31.3. The first-order valence-electron chi connectivity index (χ1n) is 8.92. The summed E-state index contributed by atoms with van der Waals surface area (Å²) in [4.78, 5) is 36.4. The van der Waals surface area contributed by atoms with Gasteiger partial charge in [-0.05, 0) is 35.4 Å². The highest BCUT2D eigenvalue weighted by Crippen LogP contribution is 2.10. The van der Waals surface area contributed by atoms with E-state index < -0.39 is 41.5 Å². The molecule has 0 saturated carbocycles. The van der Waals surface area contributed by atoms with Gasteiger partial charge in [0.05, 0.1) is 7.11 Å². The summed E-state index contributed by atoms with van der Waals surface area (Å²) in [6.07, 6.45) is 0.110. The predicted molar refractivity (Wildman–Crippen MR) is 102 cm³/mol. The Balaban J connectivity index is 2.16. The average Bonchev–Trinajstić information content (AvgIpc) is 2.67. The lowest BCUT2D eigenvalue weighted by Crippen LogP contribution is -2.53. The molecule has 0 unspecified atom stereocenters. The molecule has 0 aliphatic carbocycles. The number of carbonyl (C=O) groups excluding carboxylic acids is 3. The molecule has 0 spiro atoms. The Hall–Kier alpha value is -3.29. The smallest absolute Gasteiger partial charge is 0.328 e. The molecule has 2 N–H and O–H groups in total. The van der Waals surface area contributed by atoms with E-state index in [1.165, 1.54) is 56.5 Å². The van der Waals surface area contributed by atoms with Crippen LogP contribution in [-0.4, -0.2) is 37.0 Å². The van der Waals surface area contributed by atoms with Crippen LogP contribution in [0.3, 0.4) is 0 Å². The standard InChI is InChI=1S/C21H22F2N2O4/c1-13(26)24-18(12-15-4-3-5-17(23)10-15)20(27)25-19(21(28)29-2)11-14-6-8-16(22)9-7-14/h3-10,18-19H,11-12H2,1-2H3,(H,24,26)(H,25,27)/t18-,19+/m0/s1. The van der Waals surface area contributed by atoms with Crippen molar-refractivity contribution in [2.24, 2.45) is 0 Å². The number of halogens is 2. The topological polar surface area (TPSA) is 84.5 Å². The number of hydrogen-bond donors (Lipinski definition) is 2. The fourth-order valence-corrected chi connectivity index (χ4v) is 2.82. The van der Waals surface area contributed by atoms with Crippen LogP contribution in [0.4, 0.5) is 8.78 Å². The van der Waals surface area contributed by atoms with Crippen molar-refractivity contribution in [3.8, 4) is 0 Å². The van der Waals surface area contributed by atoms with E-state index in [1.807, 2.05) is 0 Å². The molecule has 0 bridgehead atoms. The van der Waals surface area contributed by atoms with Crippen molar-refractivity contribution >= 4 is 17.8 Å². The summed E-state index contributed by atoms with van der Waals surface area (Å²) in [6.45, 7) is 1.25. The number of benzene rings is 2. The van der Waals surface area contributed by atoms with E-state index in [4.69, 9.17) is 4.74 Å². The first-order chi connectivity index (χ1) is 13.8. The van der Waals surface area contributed by atoms with E-state index in [1.54, 1.807) is 6.07 Å². The van der Waals surface area contributed by atoms with Crippen molar-refractivity contribution < 1.29 is 27.9 Å². The Kier molecular flexibility index (Phi) is 7.82. The molecule has 0 aliphatic rings. The second kappa shape index (κ2) is 10.3. The Morgan fingerprint density at radius 2 is 1.55 bits per heavy atom. The van der Waals surface area contributed by atoms with Crippen molar-refractivity contribution in [1.82, 2.24) is 10.6 Å². The van der Waals surface area contributed by atoms with E-state index in [9.17, 15) is 23.2 Å². The van der Waals surface area contributed by atoms with Gasteiger partial charge < -0.3 is 15.4 Å². The number of esters is 1. The van der Waals surface area contributed by atoms with Crippen LogP contribution >= 0.6 is 0 Å². The third-order valence-electron chi connectivity index (χ3n) is 4.18. The number of amides is 2. The summed E-state index contributed by atoms with van der Waals surface area (Å²) in [5.74, 6) is -2.65. The van der Waals surface area contributed by atoms with Gasteiger partial charge in [0.25, 0.3) is 0 Å². The number of nitrogens with one attached hydrogen (secondary N) is 2. The molecule has 8 heteroatoms. The molecule has 2 atom stereocenters. The highest BCUT2D eigenvalue weighted by molar-refractivity contribution is 5.90. The highest BCUT2D eigenvalue weighted by Gasteiger charge is 2.27. The third-order valence-corrected chi connectivity index (χ3v) is 4.18. The van der Waals surface area contributed by atoms with Crippen LogP contribution in [-0.2, 0) is 32.0 Å². The van der Waals surface area contributed by atoms with Gasteiger partial charge in [0.2, 0.25) is 11.8 Å². The van der Waals surface area contributed by atoms with Crippen molar-refractivity contribution in [3.63, 3.8) is 0 Å². The summed E-state index contributed by atoms with van der Waals surface area (Å²) >= 11 is 0. The quantitative estimate of drug-likeness (QED) is 0.659. The predicted octanol–water partition coefficient (Wildman–Crippen LogP) is 1.91. The van der Waals surface area contributed by atoms with Crippen LogP contribution in [0.15, 0.2) is 48.5 Å². The van der Waals surface area contributed by atoms with Crippen molar-refractivity contribution in [3.05, 3.63) is 71.3 Å². The lowest BCUT2D eigenvalue weighted by molar-refractivity contribution is -0.145. The van der Waals surface area contributed by atoms with Crippen molar-refractivity contribution in [2.75, 3.05) is 7.11 Å². The zero-order valence-electron chi connectivity index (χ0n) is 16.1. The molecule has 2 amide bonds. The molecular weight excluding hydrogens is 382 g/mol. The van der Waals surface area contributed by atoms with Crippen LogP contribution in [0, 0.1) is 11.6 Å². The molecule has 0 heterocycles. The third kappa shape index (κ3) is 6.99.